The zero-order valence-corrected chi connectivity index (χ0v) is 16.6. The molecular formula is C17H30FN5O7. The third-order valence-electron chi connectivity index (χ3n) is 3.94. The SMILES string of the molecule is N/C(=C\N(N)CCCC[C@H](NC(=O)NC(CCC(=O)O)C(=O)O)C(=O)O)CCCF. The van der Waals surface area contributed by atoms with Crippen molar-refractivity contribution in [2.24, 2.45) is 11.6 Å². The number of carbonyl (C=O) groups excluding carboxylic acids is 1. The van der Waals surface area contributed by atoms with E-state index in [4.69, 9.17) is 21.8 Å². The number of hydrogen-bond acceptors (Lipinski definition) is 7. The number of allylic oxidation sites excluding steroid dienone is 1. The topological polar surface area (TPSA) is 208 Å². The number of hydrazine groups is 1. The number of nitrogens with two attached hydrogens (primary N) is 2. The highest BCUT2D eigenvalue weighted by molar-refractivity contribution is 5.86. The average Bonchev–Trinajstić information content (AvgIpc) is 2.65. The summed E-state index contributed by atoms with van der Waals surface area (Å²) >= 11 is 0. The lowest BCUT2D eigenvalue weighted by Gasteiger charge is -2.19. The van der Waals surface area contributed by atoms with Gasteiger partial charge in [0.2, 0.25) is 0 Å². The van der Waals surface area contributed by atoms with Crippen molar-refractivity contribution in [1.29, 1.82) is 0 Å². The van der Waals surface area contributed by atoms with E-state index in [1.165, 1.54) is 11.2 Å². The first kappa shape index (κ1) is 26.9. The largest absolute Gasteiger partial charge is 0.481 e. The van der Waals surface area contributed by atoms with E-state index in [-0.39, 0.29) is 12.8 Å². The first-order valence-electron chi connectivity index (χ1n) is 9.34. The molecule has 12 nitrogen and oxygen atoms in total. The molecule has 2 amide bonds. The van der Waals surface area contributed by atoms with Gasteiger partial charge in [0.15, 0.2) is 0 Å². The van der Waals surface area contributed by atoms with Crippen molar-refractivity contribution in [3.05, 3.63) is 11.9 Å². The third-order valence-corrected chi connectivity index (χ3v) is 3.94. The minimum atomic E-state index is -1.46. The molecule has 0 saturated heterocycles. The minimum Gasteiger partial charge on any atom is -0.481 e. The second-order valence-electron chi connectivity index (χ2n) is 6.56. The van der Waals surface area contributed by atoms with Crippen LogP contribution in [0.4, 0.5) is 9.18 Å². The molecule has 13 heteroatoms. The van der Waals surface area contributed by atoms with E-state index in [2.05, 4.69) is 10.6 Å². The highest BCUT2D eigenvalue weighted by atomic mass is 19.1. The number of nitrogens with one attached hydrogen (secondary N) is 2. The number of hydrogen-bond donors (Lipinski definition) is 7. The molecule has 0 radical (unpaired) electrons. The molecule has 30 heavy (non-hydrogen) atoms. The molecule has 0 spiro atoms. The van der Waals surface area contributed by atoms with Crippen molar-refractivity contribution in [2.75, 3.05) is 13.2 Å². The van der Waals surface area contributed by atoms with Gasteiger partial charge in [0, 0.05) is 24.9 Å². The Labute approximate surface area is 173 Å². The molecule has 0 aromatic carbocycles. The number of alkyl halides is 1. The predicted octanol–water partition coefficient (Wildman–Crippen LogP) is -0.0474. The van der Waals surface area contributed by atoms with Crippen LogP contribution < -0.4 is 22.2 Å². The van der Waals surface area contributed by atoms with Gasteiger partial charge in [-0.05, 0) is 38.5 Å². The fourth-order valence-electron chi connectivity index (χ4n) is 2.40. The number of halogens is 1. The molecule has 0 saturated carbocycles. The third kappa shape index (κ3) is 13.1. The number of rotatable bonds is 16. The Morgan fingerprint density at radius 3 is 2.00 bits per heavy atom. The van der Waals surface area contributed by atoms with E-state index in [1.54, 1.807) is 0 Å². The average molecular weight is 435 g/mol. The van der Waals surface area contributed by atoms with Crippen LogP contribution in [0.1, 0.15) is 44.9 Å². The molecule has 0 fully saturated rings. The van der Waals surface area contributed by atoms with Crippen molar-refractivity contribution in [1.82, 2.24) is 15.6 Å². The van der Waals surface area contributed by atoms with Gasteiger partial charge in [-0.25, -0.2) is 20.2 Å². The van der Waals surface area contributed by atoms with Crippen LogP contribution in [-0.2, 0) is 14.4 Å². The second-order valence-corrected chi connectivity index (χ2v) is 6.56. The molecule has 0 aliphatic heterocycles. The quantitative estimate of drug-likeness (QED) is 0.0976. The van der Waals surface area contributed by atoms with Gasteiger partial charge in [-0.15, -0.1) is 0 Å². The van der Waals surface area contributed by atoms with Crippen molar-refractivity contribution >= 4 is 23.9 Å². The Morgan fingerprint density at radius 2 is 1.50 bits per heavy atom. The maximum Gasteiger partial charge on any atom is 0.326 e. The first-order chi connectivity index (χ1) is 14.1. The Kier molecular flexibility index (Phi) is 13.3. The summed E-state index contributed by atoms with van der Waals surface area (Å²) in [5.41, 5.74) is 6.10. The van der Waals surface area contributed by atoms with Crippen molar-refractivity contribution in [3.8, 4) is 0 Å². The summed E-state index contributed by atoms with van der Waals surface area (Å²) < 4.78 is 12.1. The second kappa shape index (κ2) is 14.8. The van der Waals surface area contributed by atoms with Gasteiger partial charge < -0.3 is 36.7 Å². The van der Waals surface area contributed by atoms with Crippen LogP contribution in [0.15, 0.2) is 11.9 Å². The van der Waals surface area contributed by atoms with Crippen LogP contribution in [-0.4, -0.2) is 69.6 Å². The van der Waals surface area contributed by atoms with E-state index in [0.717, 1.165) is 0 Å². The number of urea groups is 1. The maximum absolute atomic E-state index is 12.1. The number of carboxylic acids is 3. The molecule has 0 aromatic heterocycles. The summed E-state index contributed by atoms with van der Waals surface area (Å²) in [6.07, 6.45) is 2.24. The number of aliphatic carboxylic acids is 3. The van der Waals surface area contributed by atoms with Gasteiger partial charge >= 0.3 is 23.9 Å². The molecule has 0 aliphatic rings. The Bertz CT molecular complexity index is 617. The first-order valence-corrected chi connectivity index (χ1v) is 9.34. The number of unbranched alkanes of at least 4 members (excludes halogenated alkanes) is 1. The highest BCUT2D eigenvalue weighted by Crippen LogP contribution is 2.05. The summed E-state index contributed by atoms with van der Waals surface area (Å²) in [6, 6.07) is -3.75. The minimum absolute atomic E-state index is 0.0600. The summed E-state index contributed by atoms with van der Waals surface area (Å²) in [6.45, 7) is -0.131. The van der Waals surface area contributed by atoms with Crippen LogP contribution in [0, 0.1) is 0 Å². The Hall–Kier alpha value is -3.09. The predicted molar refractivity (Wildman–Crippen MR) is 104 cm³/mol. The van der Waals surface area contributed by atoms with Crippen LogP contribution in [0.3, 0.4) is 0 Å². The summed E-state index contributed by atoms with van der Waals surface area (Å²) in [5.74, 6) is 1.77. The van der Waals surface area contributed by atoms with Crippen LogP contribution in [0.2, 0.25) is 0 Å². The van der Waals surface area contributed by atoms with Gasteiger partial charge in [-0.3, -0.25) is 9.18 Å². The monoisotopic (exact) mass is 435 g/mol. The van der Waals surface area contributed by atoms with E-state index >= 15 is 0 Å². The molecule has 0 rings (SSSR count). The highest BCUT2D eigenvalue weighted by Gasteiger charge is 2.24. The number of carboxylic acid groups (broad SMARTS) is 3. The lowest BCUT2D eigenvalue weighted by Crippen LogP contribution is -2.51. The zero-order valence-electron chi connectivity index (χ0n) is 16.6. The van der Waals surface area contributed by atoms with E-state index < -0.39 is 49.1 Å². The molecule has 172 valence electrons. The lowest BCUT2D eigenvalue weighted by molar-refractivity contribution is -0.140. The smallest absolute Gasteiger partial charge is 0.326 e. The molecule has 0 aliphatic carbocycles. The standard InChI is InChI=1S/C17H30FN5O7/c18-8-3-4-11(19)10-23(20)9-2-1-5-12(15(26)27)21-17(30)22-13(16(28)29)6-7-14(24)25/h10,12-13H,1-9,19-20H2,(H,24,25)(H,26,27)(H,28,29)(H2,21,22,30)/b11-10-/t12-,13?/m0/s1. The van der Waals surface area contributed by atoms with Crippen molar-refractivity contribution in [2.45, 2.75) is 57.0 Å². The molecule has 0 bridgehead atoms. The molecular weight excluding hydrogens is 405 g/mol. The summed E-state index contributed by atoms with van der Waals surface area (Å²) in [5, 5.41) is 32.4. The van der Waals surface area contributed by atoms with Gasteiger partial charge in [-0.2, -0.15) is 0 Å². The van der Waals surface area contributed by atoms with E-state index in [0.29, 0.717) is 37.9 Å². The number of carbonyl (C=O) groups is 4. The van der Waals surface area contributed by atoms with Crippen molar-refractivity contribution < 1.29 is 38.9 Å². The van der Waals surface area contributed by atoms with Gasteiger partial charge in [-0.1, -0.05) is 0 Å². The summed E-state index contributed by atoms with van der Waals surface area (Å²) in [7, 11) is 0. The van der Waals surface area contributed by atoms with Crippen molar-refractivity contribution in [3.63, 3.8) is 0 Å². The maximum atomic E-state index is 12.1. The van der Waals surface area contributed by atoms with Gasteiger partial charge in [0.25, 0.3) is 0 Å². The fourth-order valence-corrected chi connectivity index (χ4v) is 2.40. The van der Waals surface area contributed by atoms with Crippen LogP contribution >= 0.6 is 0 Å². The molecule has 2 atom stereocenters. The Balaban J connectivity index is 4.46. The molecule has 0 heterocycles. The van der Waals surface area contributed by atoms with Gasteiger partial charge in [0.05, 0.1) is 6.67 Å². The summed E-state index contributed by atoms with van der Waals surface area (Å²) in [4.78, 5) is 44.8. The number of amides is 2. The van der Waals surface area contributed by atoms with Crippen LogP contribution in [0.25, 0.3) is 0 Å². The van der Waals surface area contributed by atoms with Crippen LogP contribution in [0.5, 0.6) is 0 Å². The normalized spacial score (nSPS) is 13.2. The molecule has 1 unspecified atom stereocenters. The number of nitrogens with zero attached hydrogens (tertiary/aromatic N) is 1. The van der Waals surface area contributed by atoms with Gasteiger partial charge in [0.1, 0.15) is 12.1 Å². The fraction of sp³-hybridized carbons (Fsp3) is 0.647. The Morgan fingerprint density at radius 1 is 0.933 bits per heavy atom. The van der Waals surface area contributed by atoms with E-state index in [9.17, 15) is 28.7 Å². The van der Waals surface area contributed by atoms with E-state index in [1.807, 2.05) is 0 Å². The molecule has 9 N–H and O–H groups in total. The zero-order chi connectivity index (χ0) is 23.1. The molecule has 0 aromatic rings. The lowest BCUT2D eigenvalue weighted by atomic mass is 10.1.